The van der Waals surface area contributed by atoms with Gasteiger partial charge in [0, 0.05) is 19.6 Å². The zero-order valence-corrected chi connectivity index (χ0v) is 13.2. The van der Waals surface area contributed by atoms with Crippen LogP contribution in [0.25, 0.3) is 0 Å². The number of nitrogens with two attached hydrogens (primary N) is 1. The quantitative estimate of drug-likeness (QED) is 0.922. The third-order valence-electron chi connectivity index (χ3n) is 3.65. The van der Waals surface area contributed by atoms with E-state index in [0.29, 0.717) is 10.5 Å². The van der Waals surface area contributed by atoms with Gasteiger partial charge in [-0.25, -0.2) is 8.42 Å². The molecule has 1 aromatic carbocycles. The second-order valence-electron chi connectivity index (χ2n) is 5.88. The molecule has 0 amide bonds. The minimum absolute atomic E-state index is 0.108. The molecule has 0 heterocycles. The van der Waals surface area contributed by atoms with Crippen molar-refractivity contribution in [3.8, 4) is 0 Å². The van der Waals surface area contributed by atoms with Gasteiger partial charge in [0.2, 0.25) is 10.0 Å². The highest BCUT2D eigenvalue weighted by molar-refractivity contribution is 7.89. The molecule has 4 nitrogen and oxygen atoms in total. The molecular weight excluding hydrogens is 260 g/mol. The molecule has 19 heavy (non-hydrogen) atoms. The Kier molecular flexibility index (Phi) is 4.76. The average Bonchev–Trinajstić information content (AvgIpc) is 2.35. The predicted octanol–water partition coefficient (Wildman–Crippen LogP) is 2.20. The molecule has 5 heteroatoms. The van der Waals surface area contributed by atoms with E-state index in [1.807, 2.05) is 27.7 Å². The summed E-state index contributed by atoms with van der Waals surface area (Å²) in [7, 11) is -1.89. The van der Waals surface area contributed by atoms with Gasteiger partial charge in [0.05, 0.1) is 4.90 Å². The first-order chi connectivity index (χ1) is 8.62. The molecule has 0 radical (unpaired) electrons. The van der Waals surface area contributed by atoms with Crippen molar-refractivity contribution in [2.75, 3.05) is 7.05 Å². The summed E-state index contributed by atoms with van der Waals surface area (Å²) < 4.78 is 26.8. The Balaban J connectivity index is 3.25. The van der Waals surface area contributed by atoms with Gasteiger partial charge in [0.25, 0.3) is 0 Å². The van der Waals surface area contributed by atoms with Crippen LogP contribution in [0.4, 0.5) is 0 Å². The highest BCUT2D eigenvalue weighted by Gasteiger charge is 2.33. The summed E-state index contributed by atoms with van der Waals surface area (Å²) in [4.78, 5) is 0.302. The van der Waals surface area contributed by atoms with Crippen molar-refractivity contribution in [2.24, 2.45) is 11.1 Å². The van der Waals surface area contributed by atoms with Crippen molar-refractivity contribution >= 4 is 10.0 Å². The normalized spacial score (nSPS) is 14.7. The summed E-state index contributed by atoms with van der Waals surface area (Å²) in [5.41, 5.74) is 6.15. The Labute approximate surface area is 116 Å². The third kappa shape index (κ3) is 3.35. The number of hydrogen-bond donors (Lipinski definition) is 1. The van der Waals surface area contributed by atoms with Crippen LogP contribution in [0.3, 0.4) is 0 Å². The van der Waals surface area contributed by atoms with Crippen LogP contribution >= 0.6 is 0 Å². The molecule has 0 bridgehead atoms. The lowest BCUT2D eigenvalue weighted by molar-refractivity contribution is 0.216. The zero-order valence-electron chi connectivity index (χ0n) is 12.3. The Hall–Kier alpha value is -0.910. The Morgan fingerprint density at radius 3 is 2.26 bits per heavy atom. The zero-order chi connectivity index (χ0) is 14.8. The van der Waals surface area contributed by atoms with E-state index >= 15 is 0 Å². The van der Waals surface area contributed by atoms with E-state index in [2.05, 4.69) is 0 Å². The number of rotatable bonds is 4. The maximum absolute atomic E-state index is 12.7. The maximum atomic E-state index is 12.7. The van der Waals surface area contributed by atoms with E-state index in [4.69, 9.17) is 5.73 Å². The van der Waals surface area contributed by atoms with Crippen LogP contribution in [-0.2, 0) is 16.6 Å². The molecule has 2 N–H and O–H groups in total. The molecule has 0 aliphatic heterocycles. The van der Waals surface area contributed by atoms with Crippen molar-refractivity contribution in [2.45, 2.75) is 45.2 Å². The van der Waals surface area contributed by atoms with Crippen LogP contribution in [0.1, 0.15) is 33.3 Å². The highest BCUT2D eigenvalue weighted by Crippen LogP contribution is 2.28. The van der Waals surface area contributed by atoms with Gasteiger partial charge >= 0.3 is 0 Å². The van der Waals surface area contributed by atoms with Crippen LogP contribution in [0.2, 0.25) is 0 Å². The fourth-order valence-corrected chi connectivity index (χ4v) is 3.61. The van der Waals surface area contributed by atoms with Crippen molar-refractivity contribution in [3.63, 3.8) is 0 Å². The molecule has 0 spiro atoms. The Morgan fingerprint density at radius 1 is 1.26 bits per heavy atom. The Bertz CT molecular complexity index is 533. The van der Waals surface area contributed by atoms with Crippen molar-refractivity contribution in [1.29, 1.82) is 0 Å². The molecule has 0 aliphatic rings. The molecule has 1 aromatic rings. The molecule has 0 fully saturated rings. The largest absolute Gasteiger partial charge is 0.326 e. The summed E-state index contributed by atoms with van der Waals surface area (Å²) >= 11 is 0. The van der Waals surface area contributed by atoms with E-state index in [1.165, 1.54) is 4.31 Å². The first kappa shape index (κ1) is 16.1. The SMILES string of the molecule is CC(N(C)S(=O)(=O)c1ccccc1CN)C(C)(C)C. The van der Waals surface area contributed by atoms with Gasteiger partial charge in [-0.3, -0.25) is 0 Å². The van der Waals surface area contributed by atoms with Gasteiger partial charge in [-0.05, 0) is 24.0 Å². The molecule has 0 aromatic heterocycles. The van der Waals surface area contributed by atoms with Gasteiger partial charge in [0.15, 0.2) is 0 Å². The number of benzene rings is 1. The van der Waals surface area contributed by atoms with E-state index in [-0.39, 0.29) is 18.0 Å². The minimum Gasteiger partial charge on any atom is -0.326 e. The number of sulfonamides is 1. The summed E-state index contributed by atoms with van der Waals surface area (Å²) in [5, 5.41) is 0. The van der Waals surface area contributed by atoms with Crippen LogP contribution in [0.5, 0.6) is 0 Å². The maximum Gasteiger partial charge on any atom is 0.243 e. The molecule has 0 saturated carbocycles. The molecule has 1 rings (SSSR count). The lowest BCUT2D eigenvalue weighted by atomic mass is 9.88. The summed E-state index contributed by atoms with van der Waals surface area (Å²) in [6.45, 7) is 8.21. The highest BCUT2D eigenvalue weighted by atomic mass is 32.2. The molecule has 108 valence electrons. The van der Waals surface area contributed by atoms with Crippen molar-refractivity contribution in [3.05, 3.63) is 29.8 Å². The summed E-state index contributed by atoms with van der Waals surface area (Å²) in [5.74, 6) is 0. The Morgan fingerprint density at radius 2 is 1.79 bits per heavy atom. The van der Waals surface area contributed by atoms with Crippen molar-refractivity contribution in [1.82, 2.24) is 4.31 Å². The second kappa shape index (κ2) is 5.61. The number of nitrogens with zero attached hydrogens (tertiary/aromatic N) is 1. The molecule has 1 atom stereocenters. The van der Waals surface area contributed by atoms with Gasteiger partial charge in [0.1, 0.15) is 0 Å². The lowest BCUT2D eigenvalue weighted by Gasteiger charge is -2.34. The minimum atomic E-state index is -3.51. The monoisotopic (exact) mass is 284 g/mol. The fourth-order valence-electron chi connectivity index (χ4n) is 1.83. The second-order valence-corrected chi connectivity index (χ2v) is 7.84. The smallest absolute Gasteiger partial charge is 0.243 e. The van der Waals surface area contributed by atoms with Crippen LogP contribution in [-0.4, -0.2) is 25.8 Å². The molecule has 1 unspecified atom stereocenters. The van der Waals surface area contributed by atoms with Crippen LogP contribution < -0.4 is 5.73 Å². The third-order valence-corrected chi connectivity index (χ3v) is 5.68. The first-order valence-corrected chi connectivity index (χ1v) is 7.82. The van der Waals surface area contributed by atoms with Gasteiger partial charge < -0.3 is 5.73 Å². The topological polar surface area (TPSA) is 63.4 Å². The van der Waals surface area contributed by atoms with Gasteiger partial charge in [-0.15, -0.1) is 0 Å². The molecule has 0 saturated heterocycles. The van der Waals surface area contributed by atoms with E-state index in [1.54, 1.807) is 31.3 Å². The standard InChI is InChI=1S/C14H24N2O2S/c1-11(14(2,3)4)16(5)19(17,18)13-9-7-6-8-12(13)10-15/h6-9,11H,10,15H2,1-5H3. The fraction of sp³-hybridized carbons (Fsp3) is 0.571. The van der Waals surface area contributed by atoms with Crippen LogP contribution in [0.15, 0.2) is 29.2 Å². The number of hydrogen-bond acceptors (Lipinski definition) is 3. The van der Waals surface area contributed by atoms with E-state index in [0.717, 1.165) is 0 Å². The lowest BCUT2D eigenvalue weighted by Crippen LogP contribution is -2.43. The summed E-state index contributed by atoms with van der Waals surface area (Å²) in [6.07, 6.45) is 0. The summed E-state index contributed by atoms with van der Waals surface area (Å²) in [6, 6.07) is 6.78. The van der Waals surface area contributed by atoms with Gasteiger partial charge in [-0.1, -0.05) is 39.0 Å². The van der Waals surface area contributed by atoms with Crippen LogP contribution in [0, 0.1) is 5.41 Å². The molecule has 0 aliphatic carbocycles. The van der Waals surface area contributed by atoms with E-state index < -0.39 is 10.0 Å². The average molecular weight is 284 g/mol. The van der Waals surface area contributed by atoms with Crippen molar-refractivity contribution < 1.29 is 8.42 Å². The predicted molar refractivity (Wildman–Crippen MR) is 78.2 cm³/mol. The van der Waals surface area contributed by atoms with Gasteiger partial charge in [-0.2, -0.15) is 4.31 Å². The first-order valence-electron chi connectivity index (χ1n) is 6.38. The molecular formula is C14H24N2O2S. The van der Waals surface area contributed by atoms with E-state index in [9.17, 15) is 8.42 Å².